The number of fused-ring (bicyclic) bond motifs is 1. The molecule has 0 N–H and O–H groups in total. The Kier molecular flexibility index (Phi) is 1.34. The molecule has 0 saturated carbocycles. The average molecular weight is 148 g/mol. The van der Waals surface area contributed by atoms with Crippen LogP contribution in [0, 0.1) is 6.92 Å². The smallest absolute Gasteiger partial charge is 0.0427 e. The zero-order valence-electron chi connectivity index (χ0n) is 6.96. The first-order valence-electron chi connectivity index (χ1n) is 3.99. The van der Waals surface area contributed by atoms with Gasteiger partial charge in [-0.2, -0.15) is 5.10 Å². The van der Waals surface area contributed by atoms with Gasteiger partial charge in [-0.1, -0.05) is 0 Å². The van der Waals surface area contributed by atoms with Gasteiger partial charge >= 0.3 is 0 Å². The van der Waals surface area contributed by atoms with E-state index in [4.69, 9.17) is 0 Å². The van der Waals surface area contributed by atoms with E-state index in [2.05, 4.69) is 31.1 Å². The van der Waals surface area contributed by atoms with Crippen molar-refractivity contribution in [3.8, 4) is 0 Å². The van der Waals surface area contributed by atoms with Crippen molar-refractivity contribution in [2.75, 3.05) is 0 Å². The number of aromatic nitrogens is 1. The van der Waals surface area contributed by atoms with Crippen LogP contribution in [0.15, 0.2) is 17.2 Å². The normalized spacial score (nSPS) is 16.0. The molecule has 1 aliphatic rings. The lowest BCUT2D eigenvalue weighted by Gasteiger charge is -2.12. The third-order valence-corrected chi connectivity index (χ3v) is 2.14. The summed E-state index contributed by atoms with van der Waals surface area (Å²) >= 11 is 0. The zero-order valence-corrected chi connectivity index (χ0v) is 6.96. The molecule has 0 unspecified atom stereocenters. The monoisotopic (exact) mass is 148 g/mol. The van der Waals surface area contributed by atoms with Crippen molar-refractivity contribution in [1.82, 2.24) is 4.68 Å². The van der Waals surface area contributed by atoms with Gasteiger partial charge in [-0.3, -0.25) is 0 Å². The summed E-state index contributed by atoms with van der Waals surface area (Å²) < 4.78 is 2.04. The van der Waals surface area contributed by atoms with E-state index in [1.54, 1.807) is 0 Å². The van der Waals surface area contributed by atoms with Crippen LogP contribution in [0.4, 0.5) is 0 Å². The molecule has 1 aromatic rings. The van der Waals surface area contributed by atoms with E-state index < -0.39 is 0 Å². The van der Waals surface area contributed by atoms with Gasteiger partial charge in [0.05, 0.1) is 0 Å². The van der Waals surface area contributed by atoms with Crippen LogP contribution >= 0.6 is 0 Å². The average Bonchev–Trinajstić information content (AvgIpc) is 2.33. The Balaban J connectivity index is 2.55. The molecule has 0 spiro atoms. The molecule has 2 heterocycles. The lowest BCUT2D eigenvalue weighted by Crippen LogP contribution is -2.10. The summed E-state index contributed by atoms with van der Waals surface area (Å²) in [7, 11) is 0. The Morgan fingerprint density at radius 2 is 2.09 bits per heavy atom. The van der Waals surface area contributed by atoms with Crippen LogP contribution in [-0.4, -0.2) is 10.4 Å². The van der Waals surface area contributed by atoms with Crippen LogP contribution in [0.5, 0.6) is 0 Å². The minimum atomic E-state index is 1.11. The molecule has 0 bridgehead atoms. The van der Waals surface area contributed by atoms with Crippen molar-refractivity contribution < 1.29 is 0 Å². The number of aryl methyl sites for hydroxylation is 2. The molecular weight excluding hydrogens is 136 g/mol. The van der Waals surface area contributed by atoms with Gasteiger partial charge in [0.15, 0.2) is 0 Å². The number of nitrogens with zero attached hydrogens (tertiary/aromatic N) is 2. The van der Waals surface area contributed by atoms with Crippen molar-refractivity contribution in [2.45, 2.75) is 26.7 Å². The molecule has 2 rings (SSSR count). The van der Waals surface area contributed by atoms with Crippen molar-refractivity contribution >= 4 is 5.71 Å². The van der Waals surface area contributed by atoms with E-state index in [0.717, 1.165) is 12.8 Å². The van der Waals surface area contributed by atoms with E-state index in [-0.39, 0.29) is 0 Å². The van der Waals surface area contributed by atoms with Crippen LogP contribution in [-0.2, 0) is 6.42 Å². The summed E-state index contributed by atoms with van der Waals surface area (Å²) in [5.41, 5.74) is 3.81. The van der Waals surface area contributed by atoms with E-state index in [9.17, 15) is 0 Å². The second-order valence-corrected chi connectivity index (χ2v) is 3.11. The van der Waals surface area contributed by atoms with Gasteiger partial charge in [-0.25, -0.2) is 4.68 Å². The first-order valence-corrected chi connectivity index (χ1v) is 3.99. The van der Waals surface area contributed by atoms with Crippen LogP contribution in [0.2, 0.25) is 0 Å². The van der Waals surface area contributed by atoms with Crippen molar-refractivity contribution in [3.05, 3.63) is 23.5 Å². The highest BCUT2D eigenvalue weighted by Crippen LogP contribution is 2.15. The number of hydrogen-bond acceptors (Lipinski definition) is 1. The van der Waals surface area contributed by atoms with Gasteiger partial charge in [0.25, 0.3) is 0 Å². The lowest BCUT2D eigenvalue weighted by molar-refractivity contribution is 0.732. The molecule has 0 amide bonds. The molecule has 58 valence electrons. The SMILES string of the molecule is CC1=Nn2c(C)ccc2CC1. The van der Waals surface area contributed by atoms with E-state index >= 15 is 0 Å². The summed E-state index contributed by atoms with van der Waals surface area (Å²) in [5, 5.41) is 4.44. The maximum absolute atomic E-state index is 4.44. The second-order valence-electron chi connectivity index (χ2n) is 3.11. The van der Waals surface area contributed by atoms with Gasteiger partial charge in [-0.15, -0.1) is 0 Å². The second kappa shape index (κ2) is 2.22. The minimum absolute atomic E-state index is 1.11. The molecule has 11 heavy (non-hydrogen) atoms. The molecule has 0 atom stereocenters. The molecule has 2 nitrogen and oxygen atoms in total. The third-order valence-electron chi connectivity index (χ3n) is 2.14. The van der Waals surface area contributed by atoms with Crippen LogP contribution in [0.3, 0.4) is 0 Å². The standard InChI is InChI=1S/C9H12N2/c1-7-3-5-9-6-4-8(2)11(9)10-7/h4,6H,3,5H2,1-2H3. The summed E-state index contributed by atoms with van der Waals surface area (Å²) in [6, 6.07) is 4.28. The Hall–Kier alpha value is -1.05. The summed E-state index contributed by atoms with van der Waals surface area (Å²) in [5.74, 6) is 0. The fraction of sp³-hybridized carbons (Fsp3) is 0.444. The first kappa shape index (κ1) is 6.65. The molecule has 0 aromatic carbocycles. The van der Waals surface area contributed by atoms with Crippen molar-refractivity contribution in [2.24, 2.45) is 5.10 Å². The highest BCUT2D eigenvalue weighted by molar-refractivity contribution is 5.82. The summed E-state index contributed by atoms with van der Waals surface area (Å²) in [6.45, 7) is 4.17. The maximum Gasteiger partial charge on any atom is 0.0427 e. The summed E-state index contributed by atoms with van der Waals surface area (Å²) in [4.78, 5) is 0. The van der Waals surface area contributed by atoms with Gasteiger partial charge in [0.2, 0.25) is 0 Å². The molecule has 0 aliphatic carbocycles. The fourth-order valence-electron chi connectivity index (χ4n) is 1.45. The number of hydrogen-bond donors (Lipinski definition) is 0. The highest BCUT2D eigenvalue weighted by Gasteiger charge is 2.09. The largest absolute Gasteiger partial charge is 0.242 e. The van der Waals surface area contributed by atoms with E-state index in [0.29, 0.717) is 0 Å². The highest BCUT2D eigenvalue weighted by atomic mass is 15.4. The molecule has 1 aromatic heterocycles. The topological polar surface area (TPSA) is 17.3 Å². The molecular formula is C9H12N2. The van der Waals surface area contributed by atoms with Crippen molar-refractivity contribution in [1.29, 1.82) is 0 Å². The van der Waals surface area contributed by atoms with Crippen LogP contribution in [0.25, 0.3) is 0 Å². The zero-order chi connectivity index (χ0) is 7.84. The molecule has 0 saturated heterocycles. The Labute approximate surface area is 66.5 Å². The van der Waals surface area contributed by atoms with E-state index in [1.807, 2.05) is 4.68 Å². The number of rotatable bonds is 0. The fourth-order valence-corrected chi connectivity index (χ4v) is 1.45. The molecule has 1 aliphatic heterocycles. The van der Waals surface area contributed by atoms with E-state index in [1.165, 1.54) is 17.1 Å². The lowest BCUT2D eigenvalue weighted by atomic mass is 10.2. The molecule has 2 heteroatoms. The van der Waals surface area contributed by atoms with Gasteiger partial charge in [0, 0.05) is 17.1 Å². The van der Waals surface area contributed by atoms with Crippen molar-refractivity contribution in [3.63, 3.8) is 0 Å². The first-order chi connectivity index (χ1) is 5.27. The Morgan fingerprint density at radius 1 is 1.27 bits per heavy atom. The predicted molar refractivity (Wildman–Crippen MR) is 46.0 cm³/mol. The maximum atomic E-state index is 4.44. The predicted octanol–water partition coefficient (Wildman–Crippen LogP) is 1.97. The van der Waals surface area contributed by atoms with Crippen LogP contribution in [0.1, 0.15) is 24.7 Å². The van der Waals surface area contributed by atoms with Gasteiger partial charge in [-0.05, 0) is 38.8 Å². The molecule has 0 fully saturated rings. The minimum Gasteiger partial charge on any atom is -0.242 e. The van der Waals surface area contributed by atoms with Crippen LogP contribution < -0.4 is 0 Å². The summed E-state index contributed by atoms with van der Waals surface area (Å²) in [6.07, 6.45) is 2.26. The quantitative estimate of drug-likeness (QED) is 0.535. The Bertz CT molecular complexity index is 307. The Morgan fingerprint density at radius 3 is 2.91 bits per heavy atom. The van der Waals surface area contributed by atoms with Gasteiger partial charge in [0.1, 0.15) is 0 Å². The molecule has 0 radical (unpaired) electrons. The van der Waals surface area contributed by atoms with Gasteiger partial charge < -0.3 is 0 Å². The third kappa shape index (κ3) is 0.985.